The van der Waals surface area contributed by atoms with Gasteiger partial charge in [-0.2, -0.15) is 0 Å². The van der Waals surface area contributed by atoms with E-state index in [1.54, 1.807) is 0 Å². The van der Waals surface area contributed by atoms with Crippen LogP contribution in [-0.2, 0) is 5.41 Å². The molecule has 0 unspecified atom stereocenters. The maximum Gasteiger partial charge on any atom is 0.164 e. The van der Waals surface area contributed by atoms with Crippen molar-refractivity contribution in [3.63, 3.8) is 0 Å². The quantitative estimate of drug-likeness (QED) is 0.168. The molecule has 0 amide bonds. The summed E-state index contributed by atoms with van der Waals surface area (Å²) >= 11 is 0. The zero-order valence-corrected chi connectivity index (χ0v) is 34.0. The molecule has 2 heterocycles. The minimum absolute atomic E-state index is 0.407. The lowest BCUT2D eigenvalue weighted by Gasteiger charge is -2.31. The number of fused-ring (bicyclic) bond motifs is 13. The van der Waals surface area contributed by atoms with Gasteiger partial charge in [-0.25, -0.2) is 15.0 Å². The Kier molecular flexibility index (Phi) is 7.75. The summed E-state index contributed by atoms with van der Waals surface area (Å²) in [5.41, 5.74) is 17.4. The van der Waals surface area contributed by atoms with Crippen LogP contribution in [-0.4, -0.2) is 15.0 Å². The molecule has 11 aromatic rings. The van der Waals surface area contributed by atoms with Crippen LogP contribution in [0, 0.1) is 0 Å². The molecule has 0 saturated heterocycles. The Hall–Kier alpha value is -8.41. The van der Waals surface area contributed by atoms with Gasteiger partial charge >= 0.3 is 0 Å². The number of nitrogens with zero attached hydrogens (tertiary/aromatic N) is 4. The number of hydrogen-bond donors (Lipinski definition) is 0. The van der Waals surface area contributed by atoms with Crippen molar-refractivity contribution in [3.05, 3.63) is 241 Å². The molecule has 0 fully saturated rings. The van der Waals surface area contributed by atoms with E-state index in [0.29, 0.717) is 17.5 Å². The van der Waals surface area contributed by atoms with Gasteiger partial charge in [0.25, 0.3) is 0 Å². The molecule has 2 aliphatic carbocycles. The summed E-state index contributed by atoms with van der Waals surface area (Å²) in [6.45, 7) is 0. The molecule has 0 bridgehead atoms. The van der Waals surface area contributed by atoms with Gasteiger partial charge in [0.2, 0.25) is 0 Å². The van der Waals surface area contributed by atoms with E-state index >= 15 is 0 Å². The number of para-hydroxylation sites is 1. The number of anilines is 3. The number of benzene rings is 9. The van der Waals surface area contributed by atoms with Crippen molar-refractivity contribution in [2.45, 2.75) is 5.41 Å². The van der Waals surface area contributed by atoms with E-state index < -0.39 is 5.41 Å². The monoisotopic (exact) mass is 804 g/mol. The molecule has 0 N–H and O–H groups in total. The predicted molar refractivity (Wildman–Crippen MR) is 254 cm³/mol. The van der Waals surface area contributed by atoms with Gasteiger partial charge in [0.05, 0.1) is 16.5 Å². The van der Waals surface area contributed by atoms with Crippen LogP contribution in [0.15, 0.2) is 223 Å². The van der Waals surface area contributed by atoms with Crippen molar-refractivity contribution in [2.75, 3.05) is 4.90 Å². The van der Waals surface area contributed by atoms with E-state index in [2.05, 4.69) is 163 Å². The lowest BCUT2D eigenvalue weighted by atomic mass is 9.70. The van der Waals surface area contributed by atoms with Gasteiger partial charge in [-0.05, 0) is 93.0 Å². The summed E-state index contributed by atoms with van der Waals surface area (Å²) in [5, 5.41) is 2.04. The fourth-order valence-electron chi connectivity index (χ4n) is 10.3. The number of aromatic nitrogens is 3. The first-order valence-electron chi connectivity index (χ1n) is 21.4. The average molecular weight is 805 g/mol. The molecule has 13 rings (SSSR count). The first-order valence-corrected chi connectivity index (χ1v) is 21.4. The zero-order chi connectivity index (χ0) is 41.5. The lowest BCUT2D eigenvalue weighted by Crippen LogP contribution is -2.25. The van der Waals surface area contributed by atoms with E-state index in [9.17, 15) is 0 Å². The Balaban J connectivity index is 0.985. The van der Waals surface area contributed by atoms with Crippen LogP contribution in [0.25, 0.3) is 78.4 Å². The highest BCUT2D eigenvalue weighted by Crippen LogP contribution is 2.63. The van der Waals surface area contributed by atoms with Crippen molar-refractivity contribution < 1.29 is 4.42 Å². The second kappa shape index (κ2) is 13.8. The van der Waals surface area contributed by atoms with E-state index in [1.807, 2.05) is 60.7 Å². The smallest absolute Gasteiger partial charge is 0.164 e. The molecular formula is C58H36N4O. The first-order chi connectivity index (χ1) is 31.2. The Bertz CT molecular complexity index is 3480. The lowest BCUT2D eigenvalue weighted by molar-refractivity contribution is 0.669. The molecule has 1 spiro atoms. The van der Waals surface area contributed by atoms with Gasteiger partial charge in [-0.15, -0.1) is 0 Å². The normalized spacial score (nSPS) is 12.9. The van der Waals surface area contributed by atoms with Crippen LogP contribution in [0.4, 0.5) is 17.1 Å². The van der Waals surface area contributed by atoms with Crippen LogP contribution >= 0.6 is 0 Å². The molecule has 0 aliphatic heterocycles. The van der Waals surface area contributed by atoms with Crippen LogP contribution in [0.1, 0.15) is 22.3 Å². The summed E-state index contributed by atoms with van der Waals surface area (Å²) in [6, 6.07) is 77.4. The van der Waals surface area contributed by atoms with Gasteiger partial charge in [0, 0.05) is 33.5 Å². The maximum absolute atomic E-state index is 6.76. The van der Waals surface area contributed by atoms with Gasteiger partial charge in [-0.3, -0.25) is 0 Å². The fraction of sp³-hybridized carbons (Fsp3) is 0.0172. The predicted octanol–water partition coefficient (Wildman–Crippen LogP) is 14.6. The molecular weight excluding hydrogens is 769 g/mol. The Morgan fingerprint density at radius 2 is 0.857 bits per heavy atom. The van der Waals surface area contributed by atoms with Crippen molar-refractivity contribution in [3.8, 4) is 56.4 Å². The standard InChI is InChI=1S/C58H36N4O/c1-4-17-37(18-5-1)55-59-56(38-19-6-2-7-20-38)61-57(60-55)39-31-33-45-53(35-39)63-52-30-16-29-51(54(45)52)62(40-21-8-3-9-22-40)41-32-34-50-46(36-41)44-25-12-15-28-49(44)58(50)47-26-13-10-23-42(47)43-24-11-14-27-48(43)58/h1-36H. The molecule has 0 radical (unpaired) electrons. The number of hydrogen-bond acceptors (Lipinski definition) is 5. The molecule has 2 aromatic heterocycles. The SMILES string of the molecule is c1ccc(-c2nc(-c3ccccc3)nc(-c3ccc4c(c3)oc3cccc(N(c5ccccc5)c5ccc6c(c5)-c5ccccc5C65c6ccccc6-c6ccccc65)c34)n2)cc1. The van der Waals surface area contributed by atoms with Crippen molar-refractivity contribution in [1.29, 1.82) is 0 Å². The molecule has 63 heavy (non-hydrogen) atoms. The Labute approximate surface area is 364 Å². The van der Waals surface area contributed by atoms with E-state index in [4.69, 9.17) is 19.4 Å². The molecule has 5 nitrogen and oxygen atoms in total. The average Bonchev–Trinajstić information content (AvgIpc) is 3.99. The van der Waals surface area contributed by atoms with Crippen LogP contribution in [0.3, 0.4) is 0 Å². The first kappa shape index (κ1) is 35.4. The van der Waals surface area contributed by atoms with E-state index in [1.165, 1.54) is 44.5 Å². The van der Waals surface area contributed by atoms with E-state index in [-0.39, 0.29) is 0 Å². The third-order valence-electron chi connectivity index (χ3n) is 12.9. The summed E-state index contributed by atoms with van der Waals surface area (Å²) in [4.78, 5) is 17.3. The molecule has 294 valence electrons. The highest BCUT2D eigenvalue weighted by molar-refractivity contribution is 6.14. The van der Waals surface area contributed by atoms with Crippen molar-refractivity contribution in [2.24, 2.45) is 0 Å². The maximum atomic E-state index is 6.76. The van der Waals surface area contributed by atoms with Crippen LogP contribution in [0.2, 0.25) is 0 Å². The Morgan fingerprint density at radius 3 is 1.46 bits per heavy atom. The van der Waals surface area contributed by atoms with Gasteiger partial charge in [-0.1, -0.05) is 170 Å². The molecule has 5 heteroatoms. The second-order valence-corrected chi connectivity index (χ2v) is 16.3. The van der Waals surface area contributed by atoms with Crippen LogP contribution < -0.4 is 4.90 Å². The highest BCUT2D eigenvalue weighted by atomic mass is 16.3. The third-order valence-corrected chi connectivity index (χ3v) is 12.9. The summed E-state index contributed by atoms with van der Waals surface area (Å²) in [6.07, 6.45) is 0. The minimum Gasteiger partial charge on any atom is -0.456 e. The molecule has 2 aliphatic rings. The number of rotatable bonds is 6. The van der Waals surface area contributed by atoms with Gasteiger partial charge < -0.3 is 9.32 Å². The topological polar surface area (TPSA) is 55.1 Å². The fourth-order valence-corrected chi connectivity index (χ4v) is 10.3. The minimum atomic E-state index is -0.407. The Morgan fingerprint density at radius 1 is 0.349 bits per heavy atom. The third kappa shape index (κ3) is 5.27. The van der Waals surface area contributed by atoms with Gasteiger partial charge in [0.1, 0.15) is 11.2 Å². The van der Waals surface area contributed by atoms with Crippen molar-refractivity contribution >= 4 is 39.0 Å². The molecule has 0 saturated carbocycles. The van der Waals surface area contributed by atoms with E-state index in [0.717, 1.165) is 55.7 Å². The van der Waals surface area contributed by atoms with Crippen LogP contribution in [0.5, 0.6) is 0 Å². The second-order valence-electron chi connectivity index (χ2n) is 16.3. The summed E-state index contributed by atoms with van der Waals surface area (Å²) < 4.78 is 6.76. The highest BCUT2D eigenvalue weighted by Gasteiger charge is 2.51. The van der Waals surface area contributed by atoms with Crippen molar-refractivity contribution in [1.82, 2.24) is 15.0 Å². The summed E-state index contributed by atoms with van der Waals surface area (Å²) in [7, 11) is 0. The van der Waals surface area contributed by atoms with Gasteiger partial charge in [0.15, 0.2) is 17.5 Å². The molecule has 9 aromatic carbocycles. The number of furan rings is 1. The molecule has 0 atom stereocenters. The largest absolute Gasteiger partial charge is 0.456 e. The zero-order valence-electron chi connectivity index (χ0n) is 34.0. The summed E-state index contributed by atoms with van der Waals surface area (Å²) in [5.74, 6) is 1.82.